The van der Waals surface area contributed by atoms with Crippen LogP contribution in [0, 0.1) is 11.7 Å². The molecule has 9 rings (SSSR count). The van der Waals surface area contributed by atoms with Crippen molar-refractivity contribution >= 4 is 44.6 Å². The highest BCUT2D eigenvalue weighted by Gasteiger charge is 2.62. The normalized spacial score (nSPS) is 26.1. The predicted molar refractivity (Wildman–Crippen MR) is 233 cm³/mol. The van der Waals surface area contributed by atoms with Crippen LogP contribution in [-0.4, -0.2) is 82.4 Å². The van der Waals surface area contributed by atoms with Gasteiger partial charge in [0.05, 0.1) is 23.1 Å². The minimum atomic E-state index is -3.96. The average Bonchev–Trinajstić information content (AvgIpc) is 4.14. The Hall–Kier alpha value is -5.90. The Morgan fingerprint density at radius 3 is 2.44 bits per heavy atom. The Kier molecular flexibility index (Phi) is 11.7. The molecule has 0 spiro atoms. The van der Waals surface area contributed by atoms with Gasteiger partial charge in [0, 0.05) is 24.4 Å². The van der Waals surface area contributed by atoms with Gasteiger partial charge in [-0.2, -0.15) is 5.10 Å². The van der Waals surface area contributed by atoms with Crippen LogP contribution >= 0.6 is 0 Å². The van der Waals surface area contributed by atoms with Crippen molar-refractivity contribution in [1.82, 2.24) is 30.0 Å². The van der Waals surface area contributed by atoms with Gasteiger partial charge in [-0.1, -0.05) is 79.6 Å². The van der Waals surface area contributed by atoms with Gasteiger partial charge in [0.15, 0.2) is 0 Å². The van der Waals surface area contributed by atoms with E-state index in [2.05, 4.69) is 20.5 Å². The van der Waals surface area contributed by atoms with E-state index in [1.807, 2.05) is 54.6 Å². The lowest BCUT2D eigenvalue weighted by Crippen LogP contribution is -2.58. The summed E-state index contributed by atoms with van der Waals surface area (Å²) in [6, 6.07) is 15.9. The SMILES string of the molecule is O=C(N[C@H]1CCCCC/C=C\[C@@H]2CC2(C(=O)NS(=O)(=O)C2CC2)NC(=O)[C@@H]2CC(n3ncc(-c4cccc5ccccc45)c(-c4cccc(F)c4)c3=O)CN2C1=O)OC1CCCC1. The molecule has 5 atom stereocenters. The summed E-state index contributed by atoms with van der Waals surface area (Å²) >= 11 is 0. The van der Waals surface area contributed by atoms with Crippen molar-refractivity contribution in [3.05, 3.63) is 101 Å². The first-order valence-electron chi connectivity index (χ1n) is 22.1. The Morgan fingerprint density at radius 1 is 0.889 bits per heavy atom. The maximum atomic E-state index is 15.0. The number of aromatic nitrogens is 2. The molecule has 3 aromatic carbocycles. The van der Waals surface area contributed by atoms with Crippen LogP contribution in [0.3, 0.4) is 0 Å². The average molecular weight is 879 g/mol. The smallest absolute Gasteiger partial charge is 0.408 e. The Bertz CT molecular complexity index is 2660. The second kappa shape index (κ2) is 17.3. The third-order valence-electron chi connectivity index (χ3n) is 13.3. The Morgan fingerprint density at radius 2 is 1.65 bits per heavy atom. The molecule has 3 N–H and O–H groups in total. The van der Waals surface area contributed by atoms with E-state index in [9.17, 15) is 36.8 Å². The maximum Gasteiger partial charge on any atom is 0.408 e. The lowest BCUT2D eigenvalue weighted by molar-refractivity contribution is -0.141. The lowest BCUT2D eigenvalue weighted by Gasteiger charge is -2.30. The number of nitrogens with one attached hydrogen (secondary N) is 3. The first kappa shape index (κ1) is 42.4. The number of hydrogen-bond donors (Lipinski definition) is 3. The number of hydrogen-bond acceptors (Lipinski definition) is 9. The molecule has 16 heteroatoms. The number of benzene rings is 3. The van der Waals surface area contributed by atoms with Gasteiger partial charge in [-0.25, -0.2) is 22.3 Å². The van der Waals surface area contributed by atoms with Crippen LogP contribution in [-0.2, 0) is 29.1 Å². The van der Waals surface area contributed by atoms with Gasteiger partial charge in [0.1, 0.15) is 29.5 Å². The zero-order valence-corrected chi connectivity index (χ0v) is 35.7. The van der Waals surface area contributed by atoms with E-state index >= 15 is 0 Å². The van der Waals surface area contributed by atoms with E-state index in [0.717, 1.165) is 49.3 Å². The monoisotopic (exact) mass is 878 g/mol. The second-order valence-corrected chi connectivity index (χ2v) is 19.6. The summed E-state index contributed by atoms with van der Waals surface area (Å²) in [6.45, 7) is -0.172. The van der Waals surface area contributed by atoms with Crippen LogP contribution in [0.4, 0.5) is 9.18 Å². The molecule has 3 saturated carbocycles. The van der Waals surface area contributed by atoms with Crippen molar-refractivity contribution < 1.29 is 36.7 Å². The summed E-state index contributed by atoms with van der Waals surface area (Å²) < 4.78 is 50.0. The van der Waals surface area contributed by atoms with Crippen LogP contribution in [0.25, 0.3) is 33.0 Å². The van der Waals surface area contributed by atoms with Crippen LogP contribution < -0.4 is 20.9 Å². The molecule has 5 aliphatic rings. The summed E-state index contributed by atoms with van der Waals surface area (Å²) in [6.07, 6.45) is 11.5. The van der Waals surface area contributed by atoms with Crippen LogP contribution in [0.1, 0.15) is 89.5 Å². The third-order valence-corrected chi connectivity index (χ3v) is 15.1. The number of amides is 4. The van der Waals surface area contributed by atoms with Crippen molar-refractivity contribution in [1.29, 1.82) is 0 Å². The van der Waals surface area contributed by atoms with Crippen molar-refractivity contribution in [2.24, 2.45) is 5.92 Å². The van der Waals surface area contributed by atoms with Gasteiger partial charge < -0.3 is 20.3 Å². The fourth-order valence-electron chi connectivity index (χ4n) is 9.60. The highest BCUT2D eigenvalue weighted by Crippen LogP contribution is 2.46. The Balaban J connectivity index is 1.10. The first-order chi connectivity index (χ1) is 30.4. The van der Waals surface area contributed by atoms with Gasteiger partial charge in [-0.05, 0) is 98.2 Å². The molecule has 3 aliphatic carbocycles. The standard InChI is InChI=1S/C47H51FN6O8S/c48-32-16-10-14-30(24-32)41-38(37-20-11-13-29-12-6-9-19-36(29)37)27-49-54(44(41)57)33-25-40-42(55)51-47(45(58)52-63(60,61)35-22-23-35)26-31(47)15-4-2-1-3-5-21-39(43(56)53(40)28-33)50-46(59)62-34-17-7-8-18-34/h4,6,9-16,19-20,24,27,31,33-35,39-40H,1-3,5,7-8,17-18,21-23,25-26,28H2,(H,50,59)(H,51,55)(H,52,58)/b15-4-/t31-,33?,39+,40+,47?/m1/s1. The molecule has 0 radical (unpaired) electrons. The lowest BCUT2D eigenvalue weighted by atomic mass is 9.93. The molecule has 1 aromatic heterocycles. The number of ether oxygens (including phenoxy) is 1. The molecule has 3 heterocycles. The van der Waals surface area contributed by atoms with E-state index in [0.29, 0.717) is 42.4 Å². The Labute approximate surface area is 364 Å². The van der Waals surface area contributed by atoms with Crippen LogP contribution in [0.5, 0.6) is 0 Å². The van der Waals surface area contributed by atoms with E-state index in [4.69, 9.17) is 4.74 Å². The summed E-state index contributed by atoms with van der Waals surface area (Å²) in [7, 11) is -3.96. The number of sulfonamides is 1. The highest BCUT2D eigenvalue weighted by molar-refractivity contribution is 7.91. The van der Waals surface area contributed by atoms with E-state index in [-0.39, 0.29) is 37.5 Å². The van der Waals surface area contributed by atoms with Gasteiger partial charge in [0.2, 0.25) is 21.8 Å². The van der Waals surface area contributed by atoms with Gasteiger partial charge >= 0.3 is 6.09 Å². The van der Waals surface area contributed by atoms with E-state index in [1.54, 1.807) is 12.3 Å². The number of allylic oxidation sites excluding steroid dienone is 1. The molecule has 4 fully saturated rings. The molecule has 63 heavy (non-hydrogen) atoms. The zero-order valence-electron chi connectivity index (χ0n) is 34.8. The first-order valence-corrected chi connectivity index (χ1v) is 23.6. The number of fused-ring (bicyclic) bond motifs is 3. The van der Waals surface area contributed by atoms with Crippen molar-refractivity contribution in [3.63, 3.8) is 0 Å². The quantitative estimate of drug-likeness (QED) is 0.177. The number of alkyl carbamates (subject to hydrolysis) is 1. The molecule has 14 nitrogen and oxygen atoms in total. The summed E-state index contributed by atoms with van der Waals surface area (Å²) in [4.78, 5) is 73.1. The fourth-order valence-corrected chi connectivity index (χ4v) is 11.0. The van der Waals surface area contributed by atoms with Crippen molar-refractivity contribution in [3.8, 4) is 22.3 Å². The van der Waals surface area contributed by atoms with Crippen molar-refractivity contribution in [2.45, 2.75) is 118 Å². The molecule has 330 valence electrons. The van der Waals surface area contributed by atoms with E-state index in [1.165, 1.54) is 27.8 Å². The molecule has 2 unspecified atom stereocenters. The number of halogens is 1. The molecule has 1 saturated heterocycles. The summed E-state index contributed by atoms with van der Waals surface area (Å²) in [5.41, 5.74) is -0.507. The summed E-state index contributed by atoms with van der Waals surface area (Å²) in [5.74, 6) is -3.17. The molecule has 0 bridgehead atoms. The molecule has 2 aliphatic heterocycles. The minimum Gasteiger partial charge on any atom is -0.446 e. The van der Waals surface area contributed by atoms with Gasteiger partial charge in [-0.15, -0.1) is 0 Å². The predicted octanol–water partition coefficient (Wildman–Crippen LogP) is 6.05. The minimum absolute atomic E-state index is 0.113. The zero-order chi connectivity index (χ0) is 43.9. The number of carbonyl (C=O) groups excluding carboxylic acids is 4. The maximum absolute atomic E-state index is 15.0. The number of nitrogens with zero attached hydrogens (tertiary/aromatic N) is 3. The van der Waals surface area contributed by atoms with Crippen LogP contribution in [0.2, 0.25) is 0 Å². The van der Waals surface area contributed by atoms with Gasteiger partial charge in [-0.3, -0.25) is 23.9 Å². The highest BCUT2D eigenvalue weighted by atomic mass is 32.2. The molecular weight excluding hydrogens is 828 g/mol. The van der Waals surface area contributed by atoms with Crippen LogP contribution in [0.15, 0.2) is 89.9 Å². The largest absolute Gasteiger partial charge is 0.446 e. The molecular formula is C47H51FN6O8S. The third kappa shape index (κ3) is 8.74. The van der Waals surface area contributed by atoms with E-state index < -0.39 is 80.0 Å². The topological polar surface area (TPSA) is 186 Å². The van der Waals surface area contributed by atoms with Crippen molar-refractivity contribution in [2.75, 3.05) is 6.54 Å². The summed E-state index contributed by atoms with van der Waals surface area (Å²) in [5, 5.41) is 11.4. The fraction of sp³-hybridized carbons (Fsp3) is 0.447. The number of rotatable bonds is 8. The second-order valence-electron chi connectivity index (χ2n) is 17.6. The molecule has 4 amide bonds. The van der Waals surface area contributed by atoms with Gasteiger partial charge in [0.25, 0.3) is 11.5 Å². The molecule has 4 aromatic rings. The number of carbonyl (C=O) groups is 4.